The van der Waals surface area contributed by atoms with Gasteiger partial charge in [-0.3, -0.25) is 0 Å². The van der Waals surface area contributed by atoms with Gasteiger partial charge in [-0.15, -0.1) is 0 Å². The summed E-state index contributed by atoms with van der Waals surface area (Å²) in [6, 6.07) is 3.89. The average molecular weight is 236 g/mol. The molecule has 78 valence electrons. The third kappa shape index (κ3) is 2.00. The van der Waals surface area contributed by atoms with E-state index in [9.17, 15) is 13.5 Å². The van der Waals surface area contributed by atoms with Gasteiger partial charge in [-0.25, -0.2) is 12.7 Å². The molecule has 0 saturated carbocycles. The minimum atomic E-state index is -3.63. The SMILES string of the molecule is CN(C)S(=O)(=O)c1cc(Cl)ccc1O. The van der Waals surface area contributed by atoms with Gasteiger partial charge in [-0.05, 0) is 18.2 Å². The van der Waals surface area contributed by atoms with Crippen LogP contribution in [0.1, 0.15) is 0 Å². The van der Waals surface area contributed by atoms with Crippen LogP contribution in [0.15, 0.2) is 23.1 Å². The number of halogens is 1. The van der Waals surface area contributed by atoms with E-state index in [0.717, 1.165) is 4.31 Å². The molecule has 1 rings (SSSR count). The Hall–Kier alpha value is -0.780. The summed E-state index contributed by atoms with van der Waals surface area (Å²) in [5, 5.41) is 9.62. The van der Waals surface area contributed by atoms with E-state index < -0.39 is 10.0 Å². The Kier molecular flexibility index (Phi) is 3.04. The lowest BCUT2D eigenvalue weighted by molar-refractivity contribution is 0.452. The molecular formula is C8H10ClNO3S. The van der Waals surface area contributed by atoms with Crippen LogP contribution in [0.5, 0.6) is 5.75 Å². The van der Waals surface area contributed by atoms with Gasteiger partial charge >= 0.3 is 0 Å². The van der Waals surface area contributed by atoms with Crippen LogP contribution in [0.25, 0.3) is 0 Å². The summed E-state index contributed by atoms with van der Waals surface area (Å²) in [6.45, 7) is 0. The first-order valence-corrected chi connectivity index (χ1v) is 5.58. The highest BCUT2D eigenvalue weighted by molar-refractivity contribution is 7.89. The van der Waals surface area contributed by atoms with Crippen LogP contribution in [-0.4, -0.2) is 31.9 Å². The molecule has 0 radical (unpaired) electrons. The minimum Gasteiger partial charge on any atom is -0.507 e. The lowest BCUT2D eigenvalue weighted by Gasteiger charge is -2.12. The number of phenolic OH excluding ortho intramolecular Hbond substituents is 1. The fourth-order valence-corrected chi connectivity index (χ4v) is 2.13. The molecule has 0 aromatic heterocycles. The highest BCUT2D eigenvalue weighted by Gasteiger charge is 2.21. The van der Waals surface area contributed by atoms with Crippen LogP contribution in [0.3, 0.4) is 0 Å². The summed E-state index contributed by atoms with van der Waals surface area (Å²) >= 11 is 5.63. The van der Waals surface area contributed by atoms with Gasteiger partial charge in [0, 0.05) is 19.1 Å². The monoisotopic (exact) mass is 235 g/mol. The van der Waals surface area contributed by atoms with E-state index in [1.165, 1.54) is 32.3 Å². The fourth-order valence-electron chi connectivity index (χ4n) is 0.891. The molecule has 6 heteroatoms. The zero-order chi connectivity index (χ0) is 10.9. The van der Waals surface area contributed by atoms with Crippen molar-refractivity contribution in [3.05, 3.63) is 23.2 Å². The molecule has 0 unspecified atom stereocenters. The number of rotatable bonds is 2. The lowest BCUT2D eigenvalue weighted by atomic mass is 10.3. The lowest BCUT2D eigenvalue weighted by Crippen LogP contribution is -2.22. The van der Waals surface area contributed by atoms with Gasteiger partial charge in [0.25, 0.3) is 0 Å². The van der Waals surface area contributed by atoms with E-state index in [2.05, 4.69) is 0 Å². The molecule has 0 spiro atoms. The molecule has 0 heterocycles. The third-order valence-electron chi connectivity index (χ3n) is 1.68. The fraction of sp³-hybridized carbons (Fsp3) is 0.250. The molecule has 14 heavy (non-hydrogen) atoms. The van der Waals surface area contributed by atoms with Gasteiger partial charge in [-0.2, -0.15) is 0 Å². The summed E-state index contributed by atoms with van der Waals surface area (Å²) in [5.41, 5.74) is 0. The number of nitrogens with zero attached hydrogens (tertiary/aromatic N) is 1. The van der Waals surface area contributed by atoms with E-state index in [1.807, 2.05) is 0 Å². The Morgan fingerprint density at radius 2 is 1.93 bits per heavy atom. The summed E-state index contributed by atoms with van der Waals surface area (Å²) in [6.07, 6.45) is 0. The van der Waals surface area contributed by atoms with Gasteiger partial charge in [-0.1, -0.05) is 11.6 Å². The maximum absolute atomic E-state index is 11.6. The zero-order valence-electron chi connectivity index (χ0n) is 7.73. The average Bonchev–Trinajstić information content (AvgIpc) is 2.08. The number of sulfonamides is 1. The first kappa shape index (κ1) is 11.3. The van der Waals surface area contributed by atoms with Crippen LogP contribution in [0.2, 0.25) is 5.02 Å². The van der Waals surface area contributed by atoms with Crippen molar-refractivity contribution in [1.29, 1.82) is 0 Å². The molecule has 4 nitrogen and oxygen atoms in total. The smallest absolute Gasteiger partial charge is 0.246 e. The van der Waals surface area contributed by atoms with Crippen LogP contribution in [-0.2, 0) is 10.0 Å². The Balaban J connectivity index is 3.40. The van der Waals surface area contributed by atoms with Crippen LogP contribution >= 0.6 is 11.6 Å². The molecule has 1 aromatic carbocycles. The van der Waals surface area contributed by atoms with E-state index >= 15 is 0 Å². The standard InChI is InChI=1S/C8H10ClNO3S/c1-10(2)14(12,13)8-5-6(9)3-4-7(8)11/h3-5,11H,1-2H3. The van der Waals surface area contributed by atoms with Crippen molar-refractivity contribution >= 4 is 21.6 Å². The predicted molar refractivity (Wildman–Crippen MR) is 54.0 cm³/mol. The molecule has 0 aliphatic rings. The largest absolute Gasteiger partial charge is 0.507 e. The second kappa shape index (κ2) is 3.76. The Morgan fingerprint density at radius 3 is 2.43 bits per heavy atom. The molecule has 0 fully saturated rings. The van der Waals surface area contributed by atoms with Crippen LogP contribution in [0, 0.1) is 0 Å². The van der Waals surface area contributed by atoms with E-state index in [0.29, 0.717) is 0 Å². The van der Waals surface area contributed by atoms with E-state index in [4.69, 9.17) is 11.6 Å². The van der Waals surface area contributed by atoms with Crippen molar-refractivity contribution in [2.24, 2.45) is 0 Å². The van der Waals surface area contributed by atoms with Gasteiger partial charge < -0.3 is 5.11 Å². The Bertz CT molecular complexity index is 442. The summed E-state index contributed by atoms with van der Waals surface area (Å²) in [5.74, 6) is -0.303. The number of benzene rings is 1. The number of aromatic hydroxyl groups is 1. The normalized spacial score (nSPS) is 12.0. The van der Waals surface area contributed by atoms with Crippen LogP contribution in [0.4, 0.5) is 0 Å². The zero-order valence-corrected chi connectivity index (χ0v) is 9.30. The Labute approximate surface area is 87.8 Å². The molecule has 0 saturated heterocycles. The highest BCUT2D eigenvalue weighted by Crippen LogP contribution is 2.27. The van der Waals surface area contributed by atoms with E-state index in [-0.39, 0.29) is 15.7 Å². The highest BCUT2D eigenvalue weighted by atomic mass is 35.5. The minimum absolute atomic E-state index is 0.185. The topological polar surface area (TPSA) is 57.6 Å². The first-order valence-electron chi connectivity index (χ1n) is 3.77. The van der Waals surface area contributed by atoms with Crippen molar-refractivity contribution in [3.63, 3.8) is 0 Å². The molecule has 1 aromatic rings. The molecule has 0 aliphatic carbocycles. The second-order valence-corrected chi connectivity index (χ2v) is 5.46. The Morgan fingerprint density at radius 1 is 1.36 bits per heavy atom. The summed E-state index contributed by atoms with van der Waals surface area (Å²) in [4.78, 5) is -0.185. The number of hydrogen-bond donors (Lipinski definition) is 1. The van der Waals surface area contributed by atoms with Gasteiger partial charge in [0.2, 0.25) is 10.0 Å². The van der Waals surface area contributed by atoms with E-state index in [1.54, 1.807) is 0 Å². The predicted octanol–water partition coefficient (Wildman–Crippen LogP) is 1.30. The molecular weight excluding hydrogens is 226 g/mol. The molecule has 0 amide bonds. The second-order valence-electron chi connectivity index (χ2n) is 2.90. The first-order chi connectivity index (χ1) is 6.35. The van der Waals surface area contributed by atoms with Crippen molar-refractivity contribution in [2.75, 3.05) is 14.1 Å². The summed E-state index contributed by atoms with van der Waals surface area (Å²) in [7, 11) is -0.862. The third-order valence-corrected chi connectivity index (χ3v) is 3.76. The number of hydrogen-bond acceptors (Lipinski definition) is 3. The number of phenols is 1. The van der Waals surface area contributed by atoms with Crippen molar-refractivity contribution in [2.45, 2.75) is 4.90 Å². The molecule has 1 N–H and O–H groups in total. The maximum atomic E-state index is 11.6. The van der Waals surface area contributed by atoms with Gasteiger partial charge in [0.1, 0.15) is 10.6 Å². The quantitative estimate of drug-likeness (QED) is 0.841. The van der Waals surface area contributed by atoms with Crippen molar-refractivity contribution < 1.29 is 13.5 Å². The van der Waals surface area contributed by atoms with Crippen LogP contribution < -0.4 is 0 Å². The van der Waals surface area contributed by atoms with Crippen molar-refractivity contribution in [1.82, 2.24) is 4.31 Å². The van der Waals surface area contributed by atoms with Crippen molar-refractivity contribution in [3.8, 4) is 5.75 Å². The summed E-state index contributed by atoms with van der Waals surface area (Å²) < 4.78 is 24.2. The van der Waals surface area contributed by atoms with Gasteiger partial charge in [0.15, 0.2) is 0 Å². The molecule has 0 atom stereocenters. The maximum Gasteiger partial charge on any atom is 0.246 e. The molecule has 0 bridgehead atoms. The van der Waals surface area contributed by atoms with Gasteiger partial charge in [0.05, 0.1) is 0 Å². The molecule has 0 aliphatic heterocycles.